The molecule has 1 unspecified atom stereocenters. The van der Waals surface area contributed by atoms with Crippen LogP contribution < -0.4 is 10.1 Å². The number of hydrogen-bond acceptors (Lipinski definition) is 4. The van der Waals surface area contributed by atoms with E-state index in [1.54, 1.807) is 18.3 Å². The summed E-state index contributed by atoms with van der Waals surface area (Å²) >= 11 is 0. The second-order valence-electron chi connectivity index (χ2n) is 4.61. The van der Waals surface area contributed by atoms with E-state index in [0.717, 1.165) is 19.4 Å². The van der Waals surface area contributed by atoms with Gasteiger partial charge in [0.05, 0.1) is 6.61 Å². The summed E-state index contributed by atoms with van der Waals surface area (Å²) in [6, 6.07) is 6.20. The van der Waals surface area contributed by atoms with Gasteiger partial charge in [0.15, 0.2) is 0 Å². The maximum absolute atomic E-state index is 8.90. The topological polar surface area (TPSA) is 57.9 Å². The molecule has 1 aromatic rings. The van der Waals surface area contributed by atoms with Gasteiger partial charge in [-0.1, -0.05) is 6.42 Å². The third kappa shape index (κ3) is 3.71. The van der Waals surface area contributed by atoms with Gasteiger partial charge in [-0.3, -0.25) is 0 Å². The maximum atomic E-state index is 8.90. The molecule has 96 valence electrons. The molecule has 0 spiro atoms. The van der Waals surface area contributed by atoms with Crippen molar-refractivity contribution < 1.29 is 4.74 Å². The van der Waals surface area contributed by atoms with Gasteiger partial charge in [0.25, 0.3) is 0 Å². The molecule has 4 nitrogen and oxygen atoms in total. The Labute approximate surface area is 108 Å². The molecule has 1 N–H and O–H groups in total. The Balaban J connectivity index is 1.70. The van der Waals surface area contributed by atoms with Crippen molar-refractivity contribution in [3.05, 3.63) is 23.9 Å². The van der Waals surface area contributed by atoms with Crippen molar-refractivity contribution in [2.75, 3.05) is 13.2 Å². The Bertz CT molecular complexity index is 408. The van der Waals surface area contributed by atoms with Crippen LogP contribution in [0.25, 0.3) is 0 Å². The Morgan fingerprint density at radius 2 is 2.44 bits per heavy atom. The van der Waals surface area contributed by atoms with E-state index in [1.807, 2.05) is 0 Å². The third-order valence-corrected chi connectivity index (χ3v) is 3.24. The lowest BCUT2D eigenvalue weighted by Crippen LogP contribution is -2.34. The van der Waals surface area contributed by atoms with Crippen LogP contribution in [0.2, 0.25) is 0 Å². The van der Waals surface area contributed by atoms with E-state index in [2.05, 4.69) is 16.4 Å². The lowest BCUT2D eigenvalue weighted by molar-refractivity contribution is 0.276. The van der Waals surface area contributed by atoms with Crippen LogP contribution in [-0.4, -0.2) is 24.2 Å². The highest BCUT2D eigenvalue weighted by Crippen LogP contribution is 2.15. The largest absolute Gasteiger partial charge is 0.477 e. The molecule has 1 aliphatic rings. The number of hydrogen-bond donors (Lipinski definition) is 1. The average Bonchev–Trinajstić information content (AvgIpc) is 2.45. The number of nitrogens with one attached hydrogen (secondary N) is 1. The summed E-state index contributed by atoms with van der Waals surface area (Å²) in [6.07, 6.45) is 7.68. The standard InChI is InChI=1S/C14H19N3O/c15-11-12-5-3-9-17-14(12)18-10-4-7-13-6-1-2-8-16-13/h3,5,9,13,16H,1-2,4,6-8,10H2. The number of pyridine rings is 1. The summed E-state index contributed by atoms with van der Waals surface area (Å²) < 4.78 is 5.56. The van der Waals surface area contributed by atoms with Crippen molar-refractivity contribution in [2.45, 2.75) is 38.1 Å². The number of nitrogens with zero attached hydrogens (tertiary/aromatic N) is 2. The highest BCUT2D eigenvalue weighted by atomic mass is 16.5. The SMILES string of the molecule is N#Cc1cccnc1OCCCC1CCCCN1. The van der Waals surface area contributed by atoms with E-state index < -0.39 is 0 Å². The fraction of sp³-hybridized carbons (Fsp3) is 0.571. The Morgan fingerprint density at radius 1 is 1.50 bits per heavy atom. The molecule has 2 rings (SSSR count). The number of aromatic nitrogens is 1. The predicted molar refractivity (Wildman–Crippen MR) is 69.3 cm³/mol. The molecule has 1 aliphatic heterocycles. The molecule has 2 heterocycles. The van der Waals surface area contributed by atoms with E-state index in [4.69, 9.17) is 10.00 Å². The molecule has 0 aromatic carbocycles. The van der Waals surface area contributed by atoms with Crippen molar-refractivity contribution >= 4 is 0 Å². The smallest absolute Gasteiger partial charge is 0.231 e. The predicted octanol–water partition coefficient (Wildman–Crippen LogP) is 2.25. The van der Waals surface area contributed by atoms with Crippen LogP contribution >= 0.6 is 0 Å². The van der Waals surface area contributed by atoms with Crippen molar-refractivity contribution in [3.8, 4) is 11.9 Å². The zero-order valence-electron chi connectivity index (χ0n) is 10.6. The van der Waals surface area contributed by atoms with Gasteiger partial charge in [-0.2, -0.15) is 5.26 Å². The van der Waals surface area contributed by atoms with Crippen molar-refractivity contribution in [2.24, 2.45) is 0 Å². The monoisotopic (exact) mass is 245 g/mol. The summed E-state index contributed by atoms with van der Waals surface area (Å²) in [7, 11) is 0. The van der Waals surface area contributed by atoms with E-state index >= 15 is 0 Å². The van der Waals surface area contributed by atoms with E-state index in [9.17, 15) is 0 Å². The first-order valence-electron chi connectivity index (χ1n) is 6.61. The molecule has 0 bridgehead atoms. The van der Waals surface area contributed by atoms with Crippen LogP contribution in [0.1, 0.15) is 37.7 Å². The number of piperidine rings is 1. The van der Waals surface area contributed by atoms with Crippen molar-refractivity contribution in [3.63, 3.8) is 0 Å². The van der Waals surface area contributed by atoms with Gasteiger partial charge >= 0.3 is 0 Å². The number of nitriles is 1. The first-order valence-corrected chi connectivity index (χ1v) is 6.61. The molecule has 1 fully saturated rings. The Hall–Kier alpha value is -1.60. The fourth-order valence-electron chi connectivity index (χ4n) is 2.26. The molecule has 1 saturated heterocycles. The number of ether oxygens (including phenoxy) is 1. The summed E-state index contributed by atoms with van der Waals surface area (Å²) in [5, 5.41) is 12.4. The van der Waals surface area contributed by atoms with Crippen LogP contribution in [0.3, 0.4) is 0 Å². The minimum absolute atomic E-state index is 0.455. The second-order valence-corrected chi connectivity index (χ2v) is 4.61. The second kappa shape index (κ2) is 6.97. The summed E-state index contributed by atoms with van der Waals surface area (Å²) in [5.41, 5.74) is 0.508. The van der Waals surface area contributed by atoms with Gasteiger partial charge in [-0.05, 0) is 44.4 Å². The molecule has 4 heteroatoms. The van der Waals surface area contributed by atoms with Crippen LogP contribution in [0.15, 0.2) is 18.3 Å². The van der Waals surface area contributed by atoms with Gasteiger partial charge in [0.2, 0.25) is 5.88 Å². The minimum Gasteiger partial charge on any atom is -0.477 e. The highest BCUT2D eigenvalue weighted by molar-refractivity contribution is 5.36. The highest BCUT2D eigenvalue weighted by Gasteiger charge is 2.12. The van der Waals surface area contributed by atoms with Crippen LogP contribution in [0, 0.1) is 11.3 Å². The first-order chi connectivity index (χ1) is 8.90. The lowest BCUT2D eigenvalue weighted by Gasteiger charge is -2.23. The number of rotatable bonds is 5. The molecule has 0 aliphatic carbocycles. The summed E-state index contributed by atoms with van der Waals surface area (Å²) in [5.74, 6) is 0.455. The molecular weight excluding hydrogens is 226 g/mol. The first kappa shape index (κ1) is 12.8. The maximum Gasteiger partial charge on any atom is 0.231 e. The van der Waals surface area contributed by atoms with Crippen molar-refractivity contribution in [1.82, 2.24) is 10.3 Å². The molecular formula is C14H19N3O. The van der Waals surface area contributed by atoms with E-state index in [1.165, 1.54) is 19.3 Å². The molecule has 0 saturated carbocycles. The van der Waals surface area contributed by atoms with Crippen molar-refractivity contribution in [1.29, 1.82) is 5.26 Å². The molecule has 0 amide bonds. The van der Waals surface area contributed by atoms with Gasteiger partial charge in [-0.25, -0.2) is 4.98 Å². The third-order valence-electron chi connectivity index (χ3n) is 3.24. The van der Waals surface area contributed by atoms with Gasteiger partial charge in [0, 0.05) is 12.2 Å². The van der Waals surface area contributed by atoms with Crippen LogP contribution in [-0.2, 0) is 0 Å². The zero-order valence-corrected chi connectivity index (χ0v) is 10.6. The fourth-order valence-corrected chi connectivity index (χ4v) is 2.26. The van der Waals surface area contributed by atoms with E-state index in [-0.39, 0.29) is 0 Å². The normalized spacial score (nSPS) is 19.2. The molecule has 1 atom stereocenters. The molecule has 1 aromatic heterocycles. The van der Waals surface area contributed by atoms with Gasteiger partial charge < -0.3 is 10.1 Å². The quantitative estimate of drug-likeness (QED) is 0.808. The molecule has 18 heavy (non-hydrogen) atoms. The summed E-state index contributed by atoms with van der Waals surface area (Å²) in [6.45, 7) is 1.77. The minimum atomic E-state index is 0.455. The Kier molecular flexibility index (Phi) is 4.98. The van der Waals surface area contributed by atoms with Crippen LogP contribution in [0.4, 0.5) is 0 Å². The summed E-state index contributed by atoms with van der Waals surface area (Å²) in [4.78, 5) is 4.07. The zero-order chi connectivity index (χ0) is 12.6. The molecule has 0 radical (unpaired) electrons. The van der Waals surface area contributed by atoms with Crippen LogP contribution in [0.5, 0.6) is 5.88 Å². The van der Waals surface area contributed by atoms with Gasteiger partial charge in [-0.15, -0.1) is 0 Å². The lowest BCUT2D eigenvalue weighted by atomic mass is 10.0. The average molecular weight is 245 g/mol. The van der Waals surface area contributed by atoms with Gasteiger partial charge in [0.1, 0.15) is 11.6 Å². The van der Waals surface area contributed by atoms with E-state index in [0.29, 0.717) is 24.1 Å². The Morgan fingerprint density at radius 3 is 3.22 bits per heavy atom.